The highest BCUT2D eigenvalue weighted by molar-refractivity contribution is 7.89. The second-order valence-corrected chi connectivity index (χ2v) is 7.59. The average molecular weight is 357 g/mol. The van der Waals surface area contributed by atoms with Gasteiger partial charge in [0.2, 0.25) is 10.0 Å². The Bertz CT molecular complexity index is 655. The van der Waals surface area contributed by atoms with Crippen molar-refractivity contribution in [1.82, 2.24) is 9.62 Å². The van der Waals surface area contributed by atoms with Crippen LogP contribution >= 0.6 is 12.4 Å². The summed E-state index contributed by atoms with van der Waals surface area (Å²) < 4.78 is 66.3. The summed E-state index contributed by atoms with van der Waals surface area (Å²) in [5, 5.41) is 3.18. The Morgan fingerprint density at radius 2 is 1.77 bits per heavy atom. The third-order valence-corrected chi connectivity index (χ3v) is 6.19. The van der Waals surface area contributed by atoms with Gasteiger partial charge in [0, 0.05) is 31.8 Å². The number of rotatable bonds is 2. The largest absolute Gasteiger partial charge is 0.316 e. The first kappa shape index (κ1) is 17.5. The molecule has 2 aliphatic rings. The van der Waals surface area contributed by atoms with Crippen LogP contribution in [-0.4, -0.2) is 38.9 Å². The quantitative estimate of drug-likeness (QED) is 0.880. The van der Waals surface area contributed by atoms with Gasteiger partial charge in [-0.05, 0) is 24.8 Å². The maximum absolute atomic E-state index is 13.7. The summed E-state index contributed by atoms with van der Waals surface area (Å²) in [7, 11) is -4.29. The lowest BCUT2D eigenvalue weighted by Gasteiger charge is -2.22. The lowest BCUT2D eigenvalue weighted by molar-refractivity contribution is 0.336. The van der Waals surface area contributed by atoms with E-state index in [-0.39, 0.29) is 30.9 Å². The molecule has 0 aliphatic carbocycles. The normalized spacial score (nSPS) is 25.6. The van der Waals surface area contributed by atoms with Gasteiger partial charge in [0.05, 0.1) is 0 Å². The summed E-state index contributed by atoms with van der Waals surface area (Å²) in [6.45, 7) is 1.97. The molecule has 2 heterocycles. The Kier molecular flexibility index (Phi) is 4.77. The van der Waals surface area contributed by atoms with Crippen molar-refractivity contribution >= 4 is 22.4 Å². The van der Waals surface area contributed by atoms with Gasteiger partial charge in [0.15, 0.2) is 4.90 Å². The smallest absolute Gasteiger partial charge is 0.248 e. The molecule has 3 rings (SSSR count). The first-order valence-electron chi connectivity index (χ1n) is 6.70. The zero-order valence-electron chi connectivity index (χ0n) is 11.6. The van der Waals surface area contributed by atoms with Gasteiger partial charge in [0.25, 0.3) is 0 Å². The minimum atomic E-state index is -4.29. The molecular weight excluding hydrogens is 341 g/mol. The number of nitrogens with one attached hydrogen (secondary N) is 1. The number of benzene rings is 1. The monoisotopic (exact) mass is 356 g/mol. The van der Waals surface area contributed by atoms with E-state index in [9.17, 15) is 21.6 Å². The van der Waals surface area contributed by atoms with Crippen molar-refractivity contribution < 1.29 is 21.6 Å². The van der Waals surface area contributed by atoms with Gasteiger partial charge in [-0.2, -0.15) is 4.31 Å². The van der Waals surface area contributed by atoms with Crippen LogP contribution in [0.4, 0.5) is 13.2 Å². The van der Waals surface area contributed by atoms with E-state index >= 15 is 0 Å². The molecule has 0 amide bonds. The maximum atomic E-state index is 13.7. The van der Waals surface area contributed by atoms with E-state index in [0.717, 1.165) is 17.3 Å². The van der Waals surface area contributed by atoms with Crippen molar-refractivity contribution in [2.24, 2.45) is 5.41 Å². The fraction of sp³-hybridized carbons (Fsp3) is 0.538. The van der Waals surface area contributed by atoms with E-state index in [0.29, 0.717) is 25.1 Å². The number of nitrogens with zero attached hydrogens (tertiary/aromatic N) is 1. The third kappa shape index (κ3) is 2.84. The molecule has 2 aliphatic heterocycles. The van der Waals surface area contributed by atoms with Crippen molar-refractivity contribution in [3.8, 4) is 0 Å². The highest BCUT2D eigenvalue weighted by Gasteiger charge is 2.45. The van der Waals surface area contributed by atoms with Crippen molar-refractivity contribution in [3.05, 3.63) is 29.6 Å². The Hall–Kier alpha value is -0.830. The number of halogens is 4. The number of hydrogen-bond acceptors (Lipinski definition) is 3. The van der Waals surface area contributed by atoms with E-state index in [1.165, 1.54) is 0 Å². The zero-order chi connectivity index (χ0) is 15.3. The van der Waals surface area contributed by atoms with Gasteiger partial charge in [-0.1, -0.05) is 0 Å². The maximum Gasteiger partial charge on any atom is 0.248 e. The summed E-state index contributed by atoms with van der Waals surface area (Å²) >= 11 is 0. The Labute approximate surface area is 133 Å². The van der Waals surface area contributed by atoms with Crippen LogP contribution in [0.2, 0.25) is 0 Å². The van der Waals surface area contributed by atoms with E-state index in [1.807, 2.05) is 0 Å². The molecule has 2 saturated heterocycles. The van der Waals surface area contributed by atoms with Crippen molar-refractivity contribution in [1.29, 1.82) is 0 Å². The lowest BCUT2D eigenvalue weighted by atomic mass is 9.87. The zero-order valence-corrected chi connectivity index (χ0v) is 13.2. The first-order valence-corrected chi connectivity index (χ1v) is 8.14. The molecule has 0 bridgehead atoms. The minimum Gasteiger partial charge on any atom is -0.316 e. The lowest BCUT2D eigenvalue weighted by Crippen LogP contribution is -2.34. The SMILES string of the molecule is Cl.O=S(=O)(c1c(F)cc(F)cc1F)N1CCC2(CCNC2)C1. The minimum absolute atomic E-state index is 0. The highest BCUT2D eigenvalue weighted by Crippen LogP contribution is 2.39. The second-order valence-electron chi connectivity index (χ2n) is 5.71. The molecule has 0 saturated carbocycles. The van der Waals surface area contributed by atoms with Gasteiger partial charge in [-0.25, -0.2) is 21.6 Å². The predicted molar refractivity (Wildman–Crippen MR) is 76.9 cm³/mol. The molecule has 0 radical (unpaired) electrons. The molecule has 9 heteroatoms. The van der Waals surface area contributed by atoms with Crippen LogP contribution < -0.4 is 5.32 Å². The standard InChI is InChI=1S/C13H15F3N2O2S.ClH/c14-9-5-10(15)12(11(16)6-9)21(19,20)18-4-2-13(8-18)1-3-17-7-13;/h5-6,17H,1-4,7-8H2;1H. The van der Waals surface area contributed by atoms with Crippen LogP contribution in [0.25, 0.3) is 0 Å². The highest BCUT2D eigenvalue weighted by atomic mass is 35.5. The van der Waals surface area contributed by atoms with E-state index < -0.39 is 32.4 Å². The topological polar surface area (TPSA) is 49.4 Å². The molecule has 2 fully saturated rings. The summed E-state index contributed by atoms with van der Waals surface area (Å²) in [6, 6.07) is 0.776. The molecule has 124 valence electrons. The van der Waals surface area contributed by atoms with Crippen LogP contribution in [0.15, 0.2) is 17.0 Å². The molecule has 1 atom stereocenters. The molecule has 1 spiro atoms. The Morgan fingerprint density at radius 3 is 2.32 bits per heavy atom. The van der Waals surface area contributed by atoms with Crippen LogP contribution in [0.1, 0.15) is 12.8 Å². The van der Waals surface area contributed by atoms with Crippen LogP contribution in [0, 0.1) is 22.9 Å². The van der Waals surface area contributed by atoms with Crippen LogP contribution in [0.5, 0.6) is 0 Å². The van der Waals surface area contributed by atoms with E-state index in [4.69, 9.17) is 0 Å². The average Bonchev–Trinajstić information content (AvgIpc) is 2.99. The third-order valence-electron chi connectivity index (χ3n) is 4.30. The molecule has 1 aromatic rings. The molecule has 1 N–H and O–H groups in total. The van der Waals surface area contributed by atoms with E-state index in [2.05, 4.69) is 5.32 Å². The van der Waals surface area contributed by atoms with E-state index in [1.54, 1.807) is 0 Å². The molecule has 1 aromatic carbocycles. The fourth-order valence-electron chi connectivity index (χ4n) is 3.15. The Balaban J connectivity index is 0.00000176. The molecule has 0 aromatic heterocycles. The Morgan fingerprint density at radius 1 is 1.14 bits per heavy atom. The molecule has 1 unspecified atom stereocenters. The van der Waals surface area contributed by atoms with Crippen molar-refractivity contribution in [2.45, 2.75) is 17.7 Å². The molecule has 22 heavy (non-hydrogen) atoms. The summed E-state index contributed by atoms with van der Waals surface area (Å²) in [4.78, 5) is -1.06. The van der Waals surface area contributed by atoms with Gasteiger partial charge in [-0.3, -0.25) is 0 Å². The van der Waals surface area contributed by atoms with Gasteiger partial charge >= 0.3 is 0 Å². The molecular formula is C13H16ClF3N2O2S. The molecule has 4 nitrogen and oxygen atoms in total. The van der Waals surface area contributed by atoms with Gasteiger partial charge in [0.1, 0.15) is 17.5 Å². The number of sulfonamides is 1. The summed E-state index contributed by atoms with van der Waals surface area (Å²) in [5.74, 6) is -3.92. The van der Waals surface area contributed by atoms with Crippen molar-refractivity contribution in [2.75, 3.05) is 26.2 Å². The summed E-state index contributed by atoms with van der Waals surface area (Å²) in [6.07, 6.45) is 1.50. The fourth-order valence-corrected chi connectivity index (χ4v) is 4.79. The van der Waals surface area contributed by atoms with Crippen LogP contribution in [0.3, 0.4) is 0 Å². The second kappa shape index (κ2) is 5.99. The van der Waals surface area contributed by atoms with Gasteiger partial charge in [-0.15, -0.1) is 12.4 Å². The predicted octanol–water partition coefficient (Wildman–Crippen LogP) is 1.90. The van der Waals surface area contributed by atoms with Crippen LogP contribution in [-0.2, 0) is 10.0 Å². The number of hydrogen-bond donors (Lipinski definition) is 1. The van der Waals surface area contributed by atoms with Gasteiger partial charge < -0.3 is 5.32 Å². The first-order chi connectivity index (χ1) is 9.84. The summed E-state index contributed by atoms with van der Waals surface area (Å²) in [5.41, 5.74) is -0.153. The van der Waals surface area contributed by atoms with Crippen molar-refractivity contribution in [3.63, 3.8) is 0 Å².